The number of aromatic nitrogens is 5. The summed E-state index contributed by atoms with van der Waals surface area (Å²) < 4.78 is 28.3. The molecular formula is C22H20F2N6OS. The van der Waals surface area contributed by atoms with Gasteiger partial charge in [-0.3, -0.25) is 4.79 Å². The standard InChI is InChI=1S/C22H20F2N6OS/c1-11-7-12(2)26-21(25-11)30-14(4)16(13(3)29-30)9-20(31)28-22-27-19(10-32-22)15-5-6-17(23)18(24)8-15/h5-8,10H,9H2,1-4H3,(H,27,28,31). The molecule has 0 fully saturated rings. The van der Waals surface area contributed by atoms with Gasteiger partial charge in [-0.15, -0.1) is 11.3 Å². The molecule has 0 saturated carbocycles. The molecule has 3 heterocycles. The summed E-state index contributed by atoms with van der Waals surface area (Å²) in [5.74, 6) is -1.67. The summed E-state index contributed by atoms with van der Waals surface area (Å²) in [6.07, 6.45) is 0.0998. The van der Waals surface area contributed by atoms with E-state index in [0.717, 1.165) is 34.8 Å². The van der Waals surface area contributed by atoms with Crippen molar-refractivity contribution in [3.05, 3.63) is 69.6 Å². The molecule has 4 rings (SSSR count). The quantitative estimate of drug-likeness (QED) is 0.481. The molecule has 0 aliphatic carbocycles. The van der Waals surface area contributed by atoms with E-state index in [1.54, 1.807) is 10.1 Å². The van der Waals surface area contributed by atoms with Gasteiger partial charge in [0.25, 0.3) is 5.95 Å². The lowest BCUT2D eigenvalue weighted by Gasteiger charge is -2.06. The maximum atomic E-state index is 13.5. The summed E-state index contributed by atoms with van der Waals surface area (Å²) >= 11 is 1.21. The first-order valence-electron chi connectivity index (χ1n) is 9.80. The maximum Gasteiger partial charge on any atom is 0.251 e. The van der Waals surface area contributed by atoms with E-state index in [-0.39, 0.29) is 12.3 Å². The lowest BCUT2D eigenvalue weighted by molar-refractivity contribution is -0.115. The van der Waals surface area contributed by atoms with Crippen LogP contribution < -0.4 is 5.32 Å². The van der Waals surface area contributed by atoms with Gasteiger partial charge in [0.05, 0.1) is 17.8 Å². The van der Waals surface area contributed by atoms with Crippen LogP contribution in [0.4, 0.5) is 13.9 Å². The molecule has 0 spiro atoms. The van der Waals surface area contributed by atoms with Crippen LogP contribution in [0.15, 0.2) is 29.6 Å². The van der Waals surface area contributed by atoms with E-state index in [9.17, 15) is 13.6 Å². The number of carbonyl (C=O) groups excluding carboxylic acids is 1. The summed E-state index contributed by atoms with van der Waals surface area (Å²) in [6, 6.07) is 5.44. The number of anilines is 1. The van der Waals surface area contributed by atoms with E-state index in [1.165, 1.54) is 17.4 Å². The molecule has 3 aromatic heterocycles. The molecule has 0 aliphatic rings. The summed E-state index contributed by atoms with van der Waals surface area (Å²) in [6.45, 7) is 7.48. The minimum Gasteiger partial charge on any atom is -0.302 e. The number of thiazole rings is 1. The van der Waals surface area contributed by atoms with E-state index in [4.69, 9.17) is 0 Å². The van der Waals surface area contributed by atoms with Crippen LogP contribution in [0.25, 0.3) is 17.2 Å². The van der Waals surface area contributed by atoms with Gasteiger partial charge in [-0.05, 0) is 52.0 Å². The number of amides is 1. The number of carbonyl (C=O) groups is 1. The van der Waals surface area contributed by atoms with Crippen molar-refractivity contribution in [2.75, 3.05) is 5.32 Å². The van der Waals surface area contributed by atoms with Gasteiger partial charge < -0.3 is 5.32 Å². The van der Waals surface area contributed by atoms with Gasteiger partial charge in [0.1, 0.15) is 0 Å². The second kappa shape index (κ2) is 8.54. The third-order valence-corrected chi connectivity index (χ3v) is 5.66. The molecule has 0 radical (unpaired) electrons. The molecule has 32 heavy (non-hydrogen) atoms. The van der Waals surface area contributed by atoms with Gasteiger partial charge in [-0.1, -0.05) is 0 Å². The molecule has 0 bridgehead atoms. The number of rotatable bonds is 5. The van der Waals surface area contributed by atoms with Crippen molar-refractivity contribution in [3.63, 3.8) is 0 Å². The largest absolute Gasteiger partial charge is 0.302 e. The van der Waals surface area contributed by atoms with E-state index in [1.807, 2.05) is 33.8 Å². The first kappa shape index (κ1) is 21.7. The van der Waals surface area contributed by atoms with Gasteiger partial charge in [0, 0.05) is 33.6 Å². The molecule has 10 heteroatoms. The molecule has 0 atom stereocenters. The third kappa shape index (κ3) is 4.40. The van der Waals surface area contributed by atoms with Gasteiger partial charge in [0.15, 0.2) is 16.8 Å². The Balaban J connectivity index is 1.51. The predicted octanol–water partition coefficient (Wildman–Crippen LogP) is 4.48. The number of hydrogen-bond acceptors (Lipinski definition) is 6. The second-order valence-corrected chi connectivity index (χ2v) is 8.26. The molecule has 1 N–H and O–H groups in total. The summed E-state index contributed by atoms with van der Waals surface area (Å²) in [7, 11) is 0. The van der Waals surface area contributed by atoms with Crippen LogP contribution in [0.3, 0.4) is 0 Å². The Hall–Kier alpha value is -3.53. The van der Waals surface area contributed by atoms with Crippen LogP contribution >= 0.6 is 11.3 Å². The first-order valence-corrected chi connectivity index (χ1v) is 10.7. The summed E-state index contributed by atoms with van der Waals surface area (Å²) in [5.41, 5.74) is 4.83. The fourth-order valence-corrected chi connectivity index (χ4v) is 4.11. The number of nitrogens with zero attached hydrogens (tertiary/aromatic N) is 5. The monoisotopic (exact) mass is 454 g/mol. The Kier molecular flexibility index (Phi) is 5.79. The Bertz CT molecular complexity index is 1310. The molecule has 1 amide bonds. The number of aryl methyl sites for hydroxylation is 3. The second-order valence-electron chi connectivity index (χ2n) is 7.40. The van der Waals surface area contributed by atoms with Crippen LogP contribution in [0.5, 0.6) is 0 Å². The highest BCUT2D eigenvalue weighted by Crippen LogP contribution is 2.26. The number of halogens is 2. The predicted molar refractivity (Wildman–Crippen MR) is 118 cm³/mol. The van der Waals surface area contributed by atoms with Gasteiger partial charge in [0.2, 0.25) is 5.91 Å². The number of benzene rings is 1. The highest BCUT2D eigenvalue weighted by Gasteiger charge is 2.18. The Morgan fingerprint density at radius 1 is 1.03 bits per heavy atom. The van der Waals surface area contributed by atoms with Gasteiger partial charge in [-0.25, -0.2) is 28.4 Å². The van der Waals surface area contributed by atoms with Crippen molar-refractivity contribution in [2.45, 2.75) is 34.1 Å². The SMILES string of the molecule is Cc1cc(C)nc(-n2nc(C)c(CC(=O)Nc3nc(-c4ccc(F)c(F)c4)cs3)c2C)n1. The van der Waals surface area contributed by atoms with E-state index < -0.39 is 11.6 Å². The average Bonchev–Trinajstić information content (AvgIpc) is 3.29. The minimum atomic E-state index is -0.947. The van der Waals surface area contributed by atoms with Crippen molar-refractivity contribution in [1.29, 1.82) is 0 Å². The van der Waals surface area contributed by atoms with Crippen LogP contribution in [0.1, 0.15) is 28.3 Å². The van der Waals surface area contributed by atoms with Crippen molar-refractivity contribution in [3.8, 4) is 17.2 Å². The smallest absolute Gasteiger partial charge is 0.251 e. The zero-order chi connectivity index (χ0) is 23.0. The van der Waals surface area contributed by atoms with E-state index in [0.29, 0.717) is 28.0 Å². The average molecular weight is 455 g/mol. The number of hydrogen-bond donors (Lipinski definition) is 1. The number of nitrogens with one attached hydrogen (secondary N) is 1. The van der Waals surface area contributed by atoms with Crippen molar-refractivity contribution >= 4 is 22.4 Å². The Labute approximate surface area is 187 Å². The topological polar surface area (TPSA) is 85.6 Å². The lowest BCUT2D eigenvalue weighted by Crippen LogP contribution is -2.15. The summed E-state index contributed by atoms with van der Waals surface area (Å²) in [5, 5.41) is 9.32. The normalized spacial score (nSPS) is 11.1. The molecule has 1 aromatic carbocycles. The fourth-order valence-electron chi connectivity index (χ4n) is 3.37. The van der Waals surface area contributed by atoms with E-state index in [2.05, 4.69) is 25.4 Å². The maximum absolute atomic E-state index is 13.5. The van der Waals surface area contributed by atoms with Crippen LogP contribution in [-0.2, 0) is 11.2 Å². The Morgan fingerprint density at radius 3 is 2.44 bits per heavy atom. The summed E-state index contributed by atoms with van der Waals surface area (Å²) in [4.78, 5) is 25.8. The zero-order valence-corrected chi connectivity index (χ0v) is 18.7. The van der Waals surface area contributed by atoms with Crippen molar-refractivity contribution in [1.82, 2.24) is 24.7 Å². The van der Waals surface area contributed by atoms with Gasteiger partial charge in [-0.2, -0.15) is 5.10 Å². The van der Waals surface area contributed by atoms with Crippen molar-refractivity contribution < 1.29 is 13.6 Å². The fraction of sp³-hybridized carbons (Fsp3) is 0.227. The first-order chi connectivity index (χ1) is 15.2. The molecule has 164 valence electrons. The van der Waals surface area contributed by atoms with Crippen LogP contribution in [-0.4, -0.2) is 30.6 Å². The molecule has 0 unspecified atom stereocenters. The van der Waals surface area contributed by atoms with Crippen LogP contribution in [0.2, 0.25) is 0 Å². The van der Waals surface area contributed by atoms with E-state index >= 15 is 0 Å². The molecule has 0 saturated heterocycles. The highest BCUT2D eigenvalue weighted by atomic mass is 32.1. The highest BCUT2D eigenvalue weighted by molar-refractivity contribution is 7.14. The minimum absolute atomic E-state index is 0.0998. The lowest BCUT2D eigenvalue weighted by atomic mass is 10.1. The zero-order valence-electron chi connectivity index (χ0n) is 17.9. The van der Waals surface area contributed by atoms with Crippen molar-refractivity contribution in [2.24, 2.45) is 0 Å². The molecule has 4 aromatic rings. The molecule has 7 nitrogen and oxygen atoms in total. The van der Waals surface area contributed by atoms with Crippen LogP contribution in [0, 0.1) is 39.3 Å². The molecular weight excluding hydrogens is 434 g/mol. The molecule has 0 aliphatic heterocycles. The Morgan fingerprint density at radius 2 is 1.75 bits per heavy atom. The third-order valence-electron chi connectivity index (χ3n) is 4.90. The van der Waals surface area contributed by atoms with Gasteiger partial charge >= 0.3 is 0 Å².